The summed E-state index contributed by atoms with van der Waals surface area (Å²) in [5.74, 6) is -0.607. The lowest BCUT2D eigenvalue weighted by atomic mass is 10.1. The smallest absolute Gasteiger partial charge is 0.191 e. The topological polar surface area (TPSA) is 56.7 Å². The summed E-state index contributed by atoms with van der Waals surface area (Å²) in [6, 6.07) is 7.58. The summed E-state index contributed by atoms with van der Waals surface area (Å²) in [5.41, 5.74) is -1.01. The Bertz CT molecular complexity index is 682. The van der Waals surface area contributed by atoms with Gasteiger partial charge < -0.3 is 15.7 Å². The summed E-state index contributed by atoms with van der Waals surface area (Å²) in [6.07, 6.45) is 0.199. The average Bonchev–Trinajstić information content (AvgIpc) is 3.11. The zero-order valence-corrected chi connectivity index (χ0v) is 15.2. The van der Waals surface area contributed by atoms with Crippen LogP contribution in [0.15, 0.2) is 40.7 Å². The van der Waals surface area contributed by atoms with E-state index in [4.69, 9.17) is 0 Å². The van der Waals surface area contributed by atoms with Crippen LogP contribution in [0.5, 0.6) is 0 Å². The Kier molecular flexibility index (Phi) is 6.90. The highest BCUT2D eigenvalue weighted by atomic mass is 32.1. The molecule has 1 unspecified atom stereocenters. The van der Waals surface area contributed by atoms with Crippen LogP contribution in [-0.2, 0) is 12.0 Å². The maximum Gasteiger partial charge on any atom is 0.191 e. The van der Waals surface area contributed by atoms with Crippen LogP contribution in [0, 0.1) is 11.6 Å². The Hall–Kier alpha value is -1.99. The van der Waals surface area contributed by atoms with Crippen molar-refractivity contribution in [1.82, 2.24) is 10.6 Å². The maximum atomic E-state index is 13.6. The molecular weight excluding hydrogens is 344 g/mol. The first-order chi connectivity index (χ1) is 11.9. The van der Waals surface area contributed by atoms with Crippen LogP contribution in [0.1, 0.15) is 24.3 Å². The number of thiophene rings is 1. The quantitative estimate of drug-likeness (QED) is 0.521. The lowest BCUT2D eigenvalue weighted by Gasteiger charge is -2.20. The molecule has 2 rings (SSSR count). The van der Waals surface area contributed by atoms with Crippen molar-refractivity contribution in [1.29, 1.82) is 0 Å². The monoisotopic (exact) mass is 367 g/mol. The molecule has 2 aromatic rings. The molecule has 1 aromatic heterocycles. The Morgan fingerprint density at radius 3 is 2.52 bits per heavy atom. The SMILES string of the molecule is CCNC(=NCC(C)(O)c1cccs1)NCCc1c(F)cccc1F. The van der Waals surface area contributed by atoms with Crippen molar-refractivity contribution < 1.29 is 13.9 Å². The highest BCUT2D eigenvalue weighted by Gasteiger charge is 2.24. The lowest BCUT2D eigenvalue weighted by molar-refractivity contribution is 0.0711. The standard InChI is InChI=1S/C18H23F2N3OS/c1-3-21-17(23-12-18(2,24)16-8-5-11-25-16)22-10-9-13-14(19)6-4-7-15(13)20/h4-8,11,24H,3,9-10,12H2,1-2H3,(H2,21,22,23). The predicted molar refractivity (Wildman–Crippen MR) is 97.9 cm³/mol. The molecule has 0 fully saturated rings. The number of guanidine groups is 1. The van der Waals surface area contributed by atoms with Gasteiger partial charge in [0.1, 0.15) is 17.2 Å². The van der Waals surface area contributed by atoms with E-state index in [9.17, 15) is 13.9 Å². The van der Waals surface area contributed by atoms with E-state index in [0.717, 1.165) is 4.88 Å². The van der Waals surface area contributed by atoms with E-state index in [1.54, 1.807) is 6.92 Å². The fraction of sp³-hybridized carbons (Fsp3) is 0.389. The Morgan fingerprint density at radius 2 is 1.92 bits per heavy atom. The zero-order chi connectivity index (χ0) is 18.3. The molecule has 4 nitrogen and oxygen atoms in total. The van der Waals surface area contributed by atoms with Crippen LogP contribution >= 0.6 is 11.3 Å². The van der Waals surface area contributed by atoms with Crippen molar-refractivity contribution in [3.63, 3.8) is 0 Å². The van der Waals surface area contributed by atoms with Gasteiger partial charge in [0.15, 0.2) is 5.96 Å². The molecule has 0 spiro atoms. The number of aliphatic hydroxyl groups is 1. The third-order valence-corrected chi connectivity index (χ3v) is 4.79. The van der Waals surface area contributed by atoms with Crippen LogP contribution in [0.3, 0.4) is 0 Å². The summed E-state index contributed by atoms with van der Waals surface area (Å²) in [7, 11) is 0. The minimum Gasteiger partial charge on any atom is -0.383 e. The summed E-state index contributed by atoms with van der Waals surface area (Å²) >= 11 is 1.47. The van der Waals surface area contributed by atoms with E-state index >= 15 is 0 Å². The summed E-state index contributed by atoms with van der Waals surface area (Å²) in [5, 5.41) is 18.5. The molecule has 7 heteroatoms. The second-order valence-corrected chi connectivity index (χ2v) is 6.77. The van der Waals surface area contributed by atoms with E-state index in [1.807, 2.05) is 24.4 Å². The van der Waals surface area contributed by atoms with E-state index in [0.29, 0.717) is 19.0 Å². The Labute approximate surface area is 150 Å². The molecular formula is C18H23F2N3OS. The number of aliphatic imine (C=N–C) groups is 1. The summed E-state index contributed by atoms with van der Waals surface area (Å²) < 4.78 is 27.3. The molecule has 0 saturated heterocycles. The number of benzene rings is 1. The first-order valence-electron chi connectivity index (χ1n) is 8.15. The van der Waals surface area contributed by atoms with Gasteiger partial charge in [-0.15, -0.1) is 11.3 Å². The number of rotatable bonds is 7. The van der Waals surface area contributed by atoms with Crippen molar-refractivity contribution in [3.8, 4) is 0 Å². The van der Waals surface area contributed by atoms with Crippen molar-refractivity contribution in [2.45, 2.75) is 25.9 Å². The van der Waals surface area contributed by atoms with Gasteiger partial charge in [-0.25, -0.2) is 13.8 Å². The van der Waals surface area contributed by atoms with Gasteiger partial charge in [0.05, 0.1) is 6.54 Å². The van der Waals surface area contributed by atoms with Crippen LogP contribution < -0.4 is 10.6 Å². The van der Waals surface area contributed by atoms with Gasteiger partial charge in [0, 0.05) is 23.5 Å². The third kappa shape index (κ3) is 5.51. The number of hydrogen-bond donors (Lipinski definition) is 3. The van der Waals surface area contributed by atoms with Crippen LogP contribution in [-0.4, -0.2) is 30.7 Å². The van der Waals surface area contributed by atoms with Gasteiger partial charge in [-0.05, 0) is 43.8 Å². The molecule has 0 aliphatic carbocycles. The fourth-order valence-corrected chi connectivity index (χ4v) is 3.09. The second-order valence-electron chi connectivity index (χ2n) is 5.82. The molecule has 0 radical (unpaired) electrons. The van der Waals surface area contributed by atoms with Crippen LogP contribution in [0.2, 0.25) is 0 Å². The first kappa shape index (κ1) is 19.3. The van der Waals surface area contributed by atoms with Crippen LogP contribution in [0.4, 0.5) is 8.78 Å². The Morgan fingerprint density at radius 1 is 1.20 bits per heavy atom. The van der Waals surface area contributed by atoms with Gasteiger partial charge in [-0.2, -0.15) is 0 Å². The lowest BCUT2D eigenvalue weighted by Crippen LogP contribution is -2.39. The van der Waals surface area contributed by atoms with E-state index in [-0.39, 0.29) is 18.5 Å². The predicted octanol–water partition coefficient (Wildman–Crippen LogP) is 3.03. The molecule has 1 aromatic carbocycles. The first-order valence-corrected chi connectivity index (χ1v) is 9.03. The minimum atomic E-state index is -1.06. The molecule has 0 aliphatic heterocycles. The molecule has 0 bridgehead atoms. The van der Waals surface area contributed by atoms with Gasteiger partial charge in [0.2, 0.25) is 0 Å². The zero-order valence-electron chi connectivity index (χ0n) is 14.4. The summed E-state index contributed by atoms with van der Waals surface area (Å²) in [4.78, 5) is 5.21. The average molecular weight is 367 g/mol. The van der Waals surface area contributed by atoms with Crippen molar-refractivity contribution >= 4 is 17.3 Å². The molecule has 0 aliphatic rings. The maximum absolute atomic E-state index is 13.6. The highest BCUT2D eigenvalue weighted by molar-refractivity contribution is 7.10. The highest BCUT2D eigenvalue weighted by Crippen LogP contribution is 2.25. The molecule has 0 amide bonds. The van der Waals surface area contributed by atoms with Crippen LogP contribution in [0.25, 0.3) is 0 Å². The van der Waals surface area contributed by atoms with Gasteiger partial charge in [-0.3, -0.25) is 0 Å². The molecule has 3 N–H and O–H groups in total. The third-order valence-electron chi connectivity index (χ3n) is 3.67. The molecule has 1 heterocycles. The fourth-order valence-electron chi connectivity index (χ4n) is 2.31. The van der Waals surface area contributed by atoms with Crippen molar-refractivity contribution in [2.75, 3.05) is 19.6 Å². The van der Waals surface area contributed by atoms with Gasteiger partial charge >= 0.3 is 0 Å². The molecule has 1 atom stereocenters. The number of halogens is 2. The largest absolute Gasteiger partial charge is 0.383 e. The molecule has 25 heavy (non-hydrogen) atoms. The number of nitrogens with zero attached hydrogens (tertiary/aromatic N) is 1. The Balaban J connectivity index is 1.96. The van der Waals surface area contributed by atoms with E-state index < -0.39 is 17.2 Å². The van der Waals surface area contributed by atoms with Crippen molar-refractivity contribution in [2.24, 2.45) is 4.99 Å². The second kappa shape index (κ2) is 8.92. The minimum absolute atomic E-state index is 0.0523. The van der Waals surface area contributed by atoms with Crippen molar-refractivity contribution in [3.05, 3.63) is 57.8 Å². The van der Waals surface area contributed by atoms with Gasteiger partial charge in [-0.1, -0.05) is 12.1 Å². The number of hydrogen-bond acceptors (Lipinski definition) is 3. The molecule has 0 saturated carbocycles. The number of nitrogens with one attached hydrogen (secondary N) is 2. The van der Waals surface area contributed by atoms with Gasteiger partial charge in [0.25, 0.3) is 0 Å². The van der Waals surface area contributed by atoms with E-state index in [1.165, 1.54) is 29.5 Å². The van der Waals surface area contributed by atoms with E-state index in [2.05, 4.69) is 15.6 Å². The normalized spacial score (nSPS) is 14.2. The summed E-state index contributed by atoms with van der Waals surface area (Å²) in [6.45, 7) is 4.77. The molecule has 136 valence electrons.